The van der Waals surface area contributed by atoms with Crippen LogP contribution in [0, 0.1) is 0 Å². The zero-order valence-corrected chi connectivity index (χ0v) is 9.47. The molecule has 0 bridgehead atoms. The summed E-state index contributed by atoms with van der Waals surface area (Å²) in [6.45, 7) is 0. The number of rotatable bonds is 2. The minimum Gasteiger partial charge on any atom is -0.476 e. The van der Waals surface area contributed by atoms with Crippen LogP contribution in [0.25, 0.3) is 20.0 Å². The number of aromatic nitrogens is 1. The van der Waals surface area contributed by atoms with Gasteiger partial charge in [0.1, 0.15) is 0 Å². The fraction of sp³-hybridized carbons (Fsp3) is 0. The minimum absolute atomic E-state index is 0.0334. The van der Waals surface area contributed by atoms with Gasteiger partial charge in [-0.3, -0.25) is 0 Å². The number of hydrogen-bond donors (Lipinski definition) is 1. The summed E-state index contributed by atoms with van der Waals surface area (Å²) in [6.07, 6.45) is 1.16. The summed E-state index contributed by atoms with van der Waals surface area (Å²) in [5.74, 6) is -0.735. The van der Waals surface area contributed by atoms with Crippen molar-refractivity contribution in [2.45, 2.75) is 0 Å². The molecule has 0 spiro atoms. The van der Waals surface area contributed by atoms with Gasteiger partial charge >= 0.3 is 5.97 Å². The smallest absolute Gasteiger partial charge is 0.358 e. The van der Waals surface area contributed by atoms with Crippen LogP contribution in [0.1, 0.15) is 10.5 Å². The van der Waals surface area contributed by atoms with Gasteiger partial charge in [0.25, 0.3) is 0 Å². The Balaban J connectivity index is 2.19. The number of carbonyl (C=O) groups is 1. The lowest BCUT2D eigenvalue weighted by molar-refractivity contribution is 0.0691. The van der Waals surface area contributed by atoms with E-state index in [2.05, 4.69) is 4.98 Å². The first-order valence-corrected chi connectivity index (χ1v) is 6.09. The van der Waals surface area contributed by atoms with E-state index in [1.807, 2.05) is 17.5 Å². The monoisotopic (exact) mass is 251 g/mol. The van der Waals surface area contributed by atoms with Crippen molar-refractivity contribution in [3.05, 3.63) is 29.6 Å². The van der Waals surface area contributed by atoms with E-state index in [0.717, 1.165) is 20.7 Å². The van der Waals surface area contributed by atoms with Crippen molar-refractivity contribution in [1.29, 1.82) is 0 Å². The van der Waals surface area contributed by atoms with Crippen LogP contribution < -0.4 is 0 Å². The molecule has 0 fully saturated rings. The fourth-order valence-electron chi connectivity index (χ4n) is 1.45. The molecule has 3 rings (SSSR count). The van der Waals surface area contributed by atoms with Crippen LogP contribution in [0.3, 0.4) is 0 Å². The number of carboxylic acids is 1. The molecule has 0 aliphatic carbocycles. The number of hydrogen-bond acceptors (Lipinski definition) is 5. The molecular formula is C10H5NO3S2. The van der Waals surface area contributed by atoms with E-state index in [4.69, 9.17) is 9.52 Å². The Labute approximate surface area is 97.8 Å². The van der Waals surface area contributed by atoms with Crippen LogP contribution in [-0.4, -0.2) is 16.1 Å². The largest absolute Gasteiger partial charge is 0.476 e. The summed E-state index contributed by atoms with van der Waals surface area (Å²) in [4.78, 5) is 15.4. The molecule has 3 aromatic heterocycles. The predicted molar refractivity (Wildman–Crippen MR) is 62.2 cm³/mol. The van der Waals surface area contributed by atoms with Crippen molar-refractivity contribution in [2.24, 2.45) is 0 Å². The molecule has 0 radical (unpaired) electrons. The maximum Gasteiger partial charge on any atom is 0.358 e. The third kappa shape index (κ3) is 1.35. The Kier molecular flexibility index (Phi) is 2.05. The molecule has 0 saturated heterocycles. The van der Waals surface area contributed by atoms with E-state index in [9.17, 15) is 4.79 Å². The molecule has 1 N–H and O–H groups in total. The normalized spacial score (nSPS) is 11.0. The summed E-state index contributed by atoms with van der Waals surface area (Å²) in [5.41, 5.74) is -0.0334. The second-order valence-corrected chi connectivity index (χ2v) is 5.13. The van der Waals surface area contributed by atoms with Gasteiger partial charge in [-0.25, -0.2) is 9.78 Å². The quantitative estimate of drug-likeness (QED) is 0.758. The number of carboxylic acid groups (broad SMARTS) is 1. The molecular weight excluding hydrogens is 246 g/mol. The van der Waals surface area contributed by atoms with E-state index >= 15 is 0 Å². The molecule has 80 valence electrons. The average Bonchev–Trinajstić information content (AvgIpc) is 2.91. The summed E-state index contributed by atoms with van der Waals surface area (Å²) in [5, 5.41) is 10.9. The van der Waals surface area contributed by atoms with Crippen LogP contribution in [0.4, 0.5) is 0 Å². The van der Waals surface area contributed by atoms with E-state index in [-0.39, 0.29) is 5.69 Å². The minimum atomic E-state index is -1.07. The van der Waals surface area contributed by atoms with E-state index in [0.29, 0.717) is 5.76 Å². The summed E-state index contributed by atoms with van der Waals surface area (Å²) in [6, 6.07) is 3.93. The van der Waals surface area contributed by atoms with Crippen molar-refractivity contribution in [3.63, 3.8) is 0 Å². The Morgan fingerprint density at radius 3 is 3.06 bits per heavy atom. The fourth-order valence-corrected chi connectivity index (χ4v) is 3.55. The van der Waals surface area contributed by atoms with Crippen LogP contribution in [0.5, 0.6) is 0 Å². The van der Waals surface area contributed by atoms with Gasteiger partial charge in [-0.1, -0.05) is 0 Å². The molecule has 6 heteroatoms. The molecule has 0 unspecified atom stereocenters. The van der Waals surface area contributed by atoms with Crippen molar-refractivity contribution < 1.29 is 14.3 Å². The Morgan fingerprint density at radius 1 is 1.44 bits per heavy atom. The lowest BCUT2D eigenvalue weighted by Gasteiger charge is -1.91. The van der Waals surface area contributed by atoms with Gasteiger partial charge in [-0.2, -0.15) is 0 Å². The van der Waals surface area contributed by atoms with Crippen LogP contribution in [0.15, 0.2) is 28.3 Å². The first-order valence-electron chi connectivity index (χ1n) is 4.40. The van der Waals surface area contributed by atoms with Crippen molar-refractivity contribution in [3.8, 4) is 10.6 Å². The van der Waals surface area contributed by atoms with E-state index in [1.165, 1.54) is 11.3 Å². The molecule has 4 nitrogen and oxygen atoms in total. The van der Waals surface area contributed by atoms with Gasteiger partial charge in [0.2, 0.25) is 0 Å². The molecule has 0 aliphatic heterocycles. The maximum atomic E-state index is 10.9. The van der Waals surface area contributed by atoms with Crippen LogP contribution in [0.2, 0.25) is 0 Å². The zero-order valence-electron chi connectivity index (χ0n) is 7.84. The first kappa shape index (κ1) is 9.56. The van der Waals surface area contributed by atoms with Crippen molar-refractivity contribution in [1.82, 2.24) is 4.98 Å². The van der Waals surface area contributed by atoms with Crippen LogP contribution in [-0.2, 0) is 0 Å². The Bertz CT molecular complexity index is 636. The number of oxazole rings is 1. The van der Waals surface area contributed by atoms with Crippen molar-refractivity contribution >= 4 is 38.0 Å². The highest BCUT2D eigenvalue weighted by molar-refractivity contribution is 7.28. The van der Waals surface area contributed by atoms with Crippen LogP contribution >= 0.6 is 22.7 Å². The molecule has 3 aromatic rings. The SMILES string of the molecule is O=C(O)c1ncoc1-c1cc2sccc2s1. The summed E-state index contributed by atoms with van der Waals surface area (Å²) in [7, 11) is 0. The third-order valence-electron chi connectivity index (χ3n) is 2.13. The van der Waals surface area contributed by atoms with E-state index < -0.39 is 5.97 Å². The van der Waals surface area contributed by atoms with Gasteiger partial charge in [0.05, 0.1) is 4.88 Å². The van der Waals surface area contributed by atoms with Gasteiger partial charge in [-0.15, -0.1) is 22.7 Å². The molecule has 3 heterocycles. The van der Waals surface area contributed by atoms with Crippen molar-refractivity contribution in [2.75, 3.05) is 0 Å². The Morgan fingerprint density at radius 2 is 2.31 bits per heavy atom. The third-order valence-corrected chi connectivity index (χ3v) is 4.23. The lowest BCUT2D eigenvalue weighted by atomic mass is 10.3. The van der Waals surface area contributed by atoms with E-state index in [1.54, 1.807) is 11.3 Å². The molecule has 16 heavy (non-hydrogen) atoms. The Hall–Kier alpha value is -1.66. The first-order chi connectivity index (χ1) is 7.75. The highest BCUT2D eigenvalue weighted by atomic mass is 32.1. The molecule has 0 aromatic carbocycles. The highest BCUT2D eigenvalue weighted by Crippen LogP contribution is 2.37. The zero-order chi connectivity index (χ0) is 11.1. The number of thiophene rings is 2. The lowest BCUT2D eigenvalue weighted by Crippen LogP contribution is -1.97. The van der Waals surface area contributed by atoms with Gasteiger partial charge in [0, 0.05) is 9.40 Å². The molecule has 0 aliphatic rings. The summed E-state index contributed by atoms with van der Waals surface area (Å²) < 4.78 is 7.40. The molecule has 0 amide bonds. The molecule has 0 saturated carbocycles. The number of nitrogens with zero attached hydrogens (tertiary/aromatic N) is 1. The summed E-state index contributed by atoms with van der Waals surface area (Å²) >= 11 is 3.13. The second kappa shape index (κ2) is 3.43. The van der Waals surface area contributed by atoms with Gasteiger partial charge in [-0.05, 0) is 17.5 Å². The topological polar surface area (TPSA) is 63.3 Å². The second-order valence-electron chi connectivity index (χ2n) is 3.09. The van der Waals surface area contributed by atoms with Gasteiger partial charge in [0.15, 0.2) is 17.8 Å². The van der Waals surface area contributed by atoms with Gasteiger partial charge < -0.3 is 9.52 Å². The number of fused-ring (bicyclic) bond motifs is 1. The maximum absolute atomic E-state index is 10.9. The highest BCUT2D eigenvalue weighted by Gasteiger charge is 2.19. The predicted octanol–water partition coefficient (Wildman–Crippen LogP) is 3.32. The molecule has 0 atom stereocenters. The average molecular weight is 251 g/mol. The number of aromatic carboxylic acids is 1. The standard InChI is InChI=1S/C10H5NO3S2/c12-10(13)8-9(14-4-11-8)7-3-6-5(16-7)1-2-15-6/h1-4H,(H,12,13).